The lowest BCUT2D eigenvalue weighted by molar-refractivity contribution is 0.414. The molecule has 0 heterocycles. The van der Waals surface area contributed by atoms with Gasteiger partial charge >= 0.3 is 0 Å². The standard InChI is InChI=1S/C16H18N2OS2/c1-19-13-9-7-12(8-10-13)11-17-16(20)18-14-5-3-4-6-15(14)21-2/h3-10H,11H2,1-2H3,(H2,17,18,20). The number of methoxy groups -OCH3 is 1. The summed E-state index contributed by atoms with van der Waals surface area (Å²) < 4.78 is 5.14. The van der Waals surface area contributed by atoms with Crippen LogP contribution in [0.25, 0.3) is 0 Å². The van der Waals surface area contributed by atoms with Crippen molar-refractivity contribution in [2.45, 2.75) is 11.4 Å². The van der Waals surface area contributed by atoms with E-state index >= 15 is 0 Å². The van der Waals surface area contributed by atoms with Gasteiger partial charge in [-0.1, -0.05) is 24.3 Å². The number of hydrogen-bond donors (Lipinski definition) is 2. The van der Waals surface area contributed by atoms with E-state index in [0.29, 0.717) is 11.7 Å². The number of thioether (sulfide) groups is 1. The van der Waals surface area contributed by atoms with Crippen LogP contribution in [0.4, 0.5) is 5.69 Å². The molecule has 0 aliphatic heterocycles. The zero-order valence-electron chi connectivity index (χ0n) is 12.1. The number of anilines is 1. The van der Waals surface area contributed by atoms with Crippen LogP contribution in [0.5, 0.6) is 5.75 Å². The van der Waals surface area contributed by atoms with Gasteiger partial charge in [-0.2, -0.15) is 0 Å². The Morgan fingerprint density at radius 2 is 1.86 bits per heavy atom. The van der Waals surface area contributed by atoms with Gasteiger partial charge in [0.05, 0.1) is 12.8 Å². The second kappa shape index (κ2) is 7.90. The van der Waals surface area contributed by atoms with E-state index in [9.17, 15) is 0 Å². The molecule has 21 heavy (non-hydrogen) atoms. The molecule has 0 radical (unpaired) electrons. The summed E-state index contributed by atoms with van der Waals surface area (Å²) in [5.74, 6) is 0.855. The zero-order chi connectivity index (χ0) is 15.1. The molecular weight excluding hydrogens is 300 g/mol. The van der Waals surface area contributed by atoms with E-state index in [1.54, 1.807) is 18.9 Å². The Labute approximate surface area is 135 Å². The monoisotopic (exact) mass is 318 g/mol. The molecule has 0 unspecified atom stereocenters. The summed E-state index contributed by atoms with van der Waals surface area (Å²) in [5.41, 5.74) is 2.18. The Balaban J connectivity index is 1.89. The maximum absolute atomic E-state index is 5.34. The average Bonchev–Trinajstić information content (AvgIpc) is 2.54. The molecule has 110 valence electrons. The summed E-state index contributed by atoms with van der Waals surface area (Å²) in [6.07, 6.45) is 2.05. The Hall–Kier alpha value is -1.72. The van der Waals surface area contributed by atoms with Gasteiger partial charge < -0.3 is 15.4 Å². The van der Waals surface area contributed by atoms with Crippen LogP contribution in [0.2, 0.25) is 0 Å². The van der Waals surface area contributed by atoms with Crippen LogP contribution in [0.3, 0.4) is 0 Å². The van der Waals surface area contributed by atoms with Gasteiger partial charge in [0.25, 0.3) is 0 Å². The quantitative estimate of drug-likeness (QED) is 0.645. The molecule has 0 aromatic heterocycles. The molecule has 0 bridgehead atoms. The first-order chi connectivity index (χ1) is 10.2. The molecule has 5 heteroatoms. The van der Waals surface area contributed by atoms with Crippen LogP contribution >= 0.6 is 24.0 Å². The number of nitrogens with one attached hydrogen (secondary N) is 2. The molecule has 2 aromatic rings. The number of rotatable bonds is 5. The second-order valence-corrected chi connectivity index (χ2v) is 5.61. The van der Waals surface area contributed by atoms with E-state index in [1.807, 2.05) is 48.7 Å². The van der Waals surface area contributed by atoms with E-state index in [4.69, 9.17) is 17.0 Å². The summed E-state index contributed by atoms with van der Waals surface area (Å²) in [4.78, 5) is 1.17. The Morgan fingerprint density at radius 3 is 2.52 bits per heavy atom. The average molecular weight is 318 g/mol. The SMILES string of the molecule is COc1ccc(CNC(=S)Nc2ccccc2SC)cc1. The molecule has 0 aliphatic carbocycles. The van der Waals surface area contributed by atoms with Gasteiger partial charge in [-0.3, -0.25) is 0 Å². The third-order valence-electron chi connectivity index (χ3n) is 2.97. The van der Waals surface area contributed by atoms with E-state index in [2.05, 4.69) is 16.7 Å². The molecule has 3 nitrogen and oxygen atoms in total. The molecule has 0 spiro atoms. The van der Waals surface area contributed by atoms with Gasteiger partial charge in [0.1, 0.15) is 5.75 Å². The second-order valence-electron chi connectivity index (χ2n) is 4.36. The van der Waals surface area contributed by atoms with E-state index in [-0.39, 0.29) is 0 Å². The minimum Gasteiger partial charge on any atom is -0.497 e. The van der Waals surface area contributed by atoms with Gasteiger partial charge in [-0.05, 0) is 48.3 Å². The third kappa shape index (κ3) is 4.65. The van der Waals surface area contributed by atoms with Crippen molar-refractivity contribution >= 4 is 34.8 Å². The fraction of sp³-hybridized carbons (Fsp3) is 0.188. The highest BCUT2D eigenvalue weighted by Crippen LogP contribution is 2.24. The first-order valence-electron chi connectivity index (χ1n) is 6.53. The predicted molar refractivity (Wildman–Crippen MR) is 94.3 cm³/mol. The predicted octanol–water partition coefficient (Wildman–Crippen LogP) is 3.90. The van der Waals surface area contributed by atoms with Crippen LogP contribution in [-0.2, 0) is 6.54 Å². The topological polar surface area (TPSA) is 33.3 Å². The van der Waals surface area contributed by atoms with Crippen molar-refractivity contribution < 1.29 is 4.74 Å². The summed E-state index contributed by atoms with van der Waals surface area (Å²) in [6.45, 7) is 0.678. The molecule has 2 rings (SSSR count). The Bertz CT molecular complexity index is 599. The van der Waals surface area contributed by atoms with Crippen molar-refractivity contribution in [3.8, 4) is 5.75 Å². The van der Waals surface area contributed by atoms with Crippen LogP contribution in [0, 0.1) is 0 Å². The van der Waals surface area contributed by atoms with Gasteiger partial charge in [-0.15, -0.1) is 11.8 Å². The lowest BCUT2D eigenvalue weighted by atomic mass is 10.2. The Kier molecular flexibility index (Phi) is 5.90. The van der Waals surface area contributed by atoms with Crippen molar-refractivity contribution in [2.75, 3.05) is 18.7 Å². The highest BCUT2D eigenvalue weighted by atomic mass is 32.2. The minimum absolute atomic E-state index is 0.618. The van der Waals surface area contributed by atoms with Crippen molar-refractivity contribution in [2.24, 2.45) is 0 Å². The van der Waals surface area contributed by atoms with Gasteiger partial charge in [0.2, 0.25) is 0 Å². The molecule has 0 fully saturated rings. The van der Waals surface area contributed by atoms with Crippen LogP contribution < -0.4 is 15.4 Å². The molecule has 0 amide bonds. The fourth-order valence-corrected chi connectivity index (χ4v) is 2.58. The summed E-state index contributed by atoms with van der Waals surface area (Å²) >= 11 is 7.03. The van der Waals surface area contributed by atoms with Gasteiger partial charge in [0, 0.05) is 11.4 Å². The lowest BCUT2D eigenvalue weighted by Gasteiger charge is -2.13. The Morgan fingerprint density at radius 1 is 1.14 bits per heavy atom. The highest BCUT2D eigenvalue weighted by molar-refractivity contribution is 7.98. The largest absolute Gasteiger partial charge is 0.497 e. The molecular formula is C16H18N2OS2. The maximum Gasteiger partial charge on any atom is 0.171 e. The lowest BCUT2D eigenvalue weighted by Crippen LogP contribution is -2.28. The first kappa shape index (κ1) is 15.7. The number of thiocarbonyl (C=S) groups is 1. The molecule has 0 saturated heterocycles. The third-order valence-corrected chi connectivity index (χ3v) is 4.01. The smallest absolute Gasteiger partial charge is 0.171 e. The van der Waals surface area contributed by atoms with E-state index < -0.39 is 0 Å². The number of benzene rings is 2. The molecule has 2 aromatic carbocycles. The molecule has 0 aliphatic rings. The zero-order valence-corrected chi connectivity index (χ0v) is 13.7. The van der Waals surface area contributed by atoms with Crippen molar-refractivity contribution in [3.63, 3.8) is 0 Å². The molecule has 0 saturated carbocycles. The molecule has 2 N–H and O–H groups in total. The molecule has 0 atom stereocenters. The summed E-state index contributed by atoms with van der Waals surface area (Å²) in [5, 5.41) is 7.05. The van der Waals surface area contributed by atoms with Gasteiger partial charge in [-0.25, -0.2) is 0 Å². The highest BCUT2D eigenvalue weighted by Gasteiger charge is 2.02. The van der Waals surface area contributed by atoms with Crippen LogP contribution in [0.1, 0.15) is 5.56 Å². The number of hydrogen-bond acceptors (Lipinski definition) is 3. The number of para-hydroxylation sites is 1. The first-order valence-corrected chi connectivity index (χ1v) is 8.17. The fourth-order valence-electron chi connectivity index (χ4n) is 1.84. The van der Waals surface area contributed by atoms with Gasteiger partial charge in [0.15, 0.2) is 5.11 Å². The van der Waals surface area contributed by atoms with Crippen LogP contribution in [0.15, 0.2) is 53.4 Å². The van der Waals surface area contributed by atoms with Crippen molar-refractivity contribution in [1.29, 1.82) is 0 Å². The van der Waals surface area contributed by atoms with E-state index in [0.717, 1.165) is 17.0 Å². The van der Waals surface area contributed by atoms with E-state index in [1.165, 1.54) is 4.90 Å². The minimum atomic E-state index is 0.618. The van der Waals surface area contributed by atoms with Crippen LogP contribution in [-0.4, -0.2) is 18.5 Å². The number of ether oxygens (including phenoxy) is 1. The van der Waals surface area contributed by atoms with Crippen molar-refractivity contribution in [3.05, 3.63) is 54.1 Å². The summed E-state index contributed by atoms with van der Waals surface area (Å²) in [7, 11) is 1.66. The summed E-state index contributed by atoms with van der Waals surface area (Å²) in [6, 6.07) is 16.0. The maximum atomic E-state index is 5.34. The van der Waals surface area contributed by atoms with Crippen molar-refractivity contribution in [1.82, 2.24) is 5.32 Å². The normalized spacial score (nSPS) is 10.0.